The summed E-state index contributed by atoms with van der Waals surface area (Å²) < 4.78 is 55.6. The number of halogens is 2. The van der Waals surface area contributed by atoms with Crippen LogP contribution in [0.1, 0.15) is 36.2 Å². The number of ether oxygens (including phenoxy) is 1. The largest absolute Gasteiger partial charge is 0.507 e. The lowest BCUT2D eigenvalue weighted by molar-refractivity contribution is 0.171. The van der Waals surface area contributed by atoms with Gasteiger partial charge in [-0.25, -0.2) is 9.37 Å². The van der Waals surface area contributed by atoms with Crippen LogP contribution in [0, 0.1) is 5.95 Å². The minimum absolute atomic E-state index is 0.132. The van der Waals surface area contributed by atoms with Crippen LogP contribution in [0.4, 0.5) is 14.7 Å². The molecule has 2 N–H and O–H groups in total. The van der Waals surface area contributed by atoms with Gasteiger partial charge in [0, 0.05) is 35.8 Å². The molecule has 6 rings (SSSR count). The number of benzene rings is 1. The molecule has 182 valence electrons. The Balaban J connectivity index is 1.24. The molecule has 10 heteroatoms. The molecule has 1 aromatic carbocycles. The molecule has 2 aromatic heterocycles. The van der Waals surface area contributed by atoms with E-state index in [1.165, 1.54) is 18.3 Å². The van der Waals surface area contributed by atoms with Gasteiger partial charge in [0.15, 0.2) is 0 Å². The Morgan fingerprint density at radius 1 is 1.14 bits per heavy atom. The molecular weight excluding hydrogens is 454 g/mol. The van der Waals surface area contributed by atoms with Gasteiger partial charge in [-0.05, 0) is 55.4 Å². The molecule has 2 saturated heterocycles. The smallest absolute Gasteiger partial charge is 0.245 e. The molecule has 1 aliphatic carbocycles. The predicted molar refractivity (Wildman–Crippen MR) is 125 cm³/mol. The number of anilines is 1. The Morgan fingerprint density at radius 3 is 2.77 bits per heavy atom. The summed E-state index contributed by atoms with van der Waals surface area (Å²) in [6.45, 7) is 0. The van der Waals surface area contributed by atoms with Crippen molar-refractivity contribution < 1.29 is 22.7 Å². The van der Waals surface area contributed by atoms with Gasteiger partial charge in [0.2, 0.25) is 17.8 Å². The number of hydrogen-bond acceptors (Lipinski definition) is 8. The Labute approximate surface area is 205 Å². The highest BCUT2D eigenvalue weighted by molar-refractivity contribution is 5.74. The number of nitrogens with zero attached hydrogens (tertiary/aromatic N) is 5. The summed E-state index contributed by atoms with van der Waals surface area (Å²) in [7, 11) is -2.78. The summed E-state index contributed by atoms with van der Waals surface area (Å²) in [5, 5.41) is 22.7. The number of aromatic hydroxyl groups is 1. The van der Waals surface area contributed by atoms with Gasteiger partial charge in [0.05, 0.1) is 23.4 Å². The van der Waals surface area contributed by atoms with E-state index in [9.17, 15) is 9.50 Å². The van der Waals surface area contributed by atoms with Crippen LogP contribution >= 0.6 is 0 Å². The van der Waals surface area contributed by atoms with Crippen molar-refractivity contribution in [3.8, 4) is 34.0 Å². The Hall–Kier alpha value is -3.40. The van der Waals surface area contributed by atoms with Crippen LogP contribution in [0.15, 0.2) is 36.5 Å². The zero-order valence-electron chi connectivity index (χ0n) is 21.7. The van der Waals surface area contributed by atoms with E-state index >= 15 is 4.39 Å². The van der Waals surface area contributed by atoms with Gasteiger partial charge in [0.25, 0.3) is 0 Å². The van der Waals surface area contributed by atoms with Gasteiger partial charge >= 0.3 is 0 Å². The molecule has 0 spiro atoms. The Bertz CT molecular complexity index is 1340. The van der Waals surface area contributed by atoms with Crippen LogP contribution in [-0.4, -0.2) is 62.6 Å². The molecule has 0 unspecified atom stereocenters. The average Bonchev–Trinajstić information content (AvgIpc) is 3.61. The van der Waals surface area contributed by atoms with Gasteiger partial charge in [-0.15, -0.1) is 10.2 Å². The van der Waals surface area contributed by atoms with Gasteiger partial charge in [-0.2, -0.15) is 9.37 Å². The summed E-state index contributed by atoms with van der Waals surface area (Å²) in [6, 6.07) is 7.07. The van der Waals surface area contributed by atoms with Crippen molar-refractivity contribution in [1.82, 2.24) is 25.5 Å². The van der Waals surface area contributed by atoms with Crippen molar-refractivity contribution in [3.05, 3.63) is 42.5 Å². The van der Waals surface area contributed by atoms with Crippen molar-refractivity contribution >= 4 is 5.95 Å². The van der Waals surface area contributed by atoms with Gasteiger partial charge in [-0.1, -0.05) is 6.07 Å². The SMILES string of the molecule is [2H]C([2H])([2H])Oc1cc(-c2ccc(-c3cnc(N(C4CC4)[C@@H]4C[C@@H]5CC[C@H](N5)[C@@H]4F)nn3)c(O)c2)cc(F)n1. The summed E-state index contributed by atoms with van der Waals surface area (Å²) >= 11 is 0. The van der Waals surface area contributed by atoms with Crippen molar-refractivity contribution in [2.75, 3.05) is 11.9 Å². The fourth-order valence-corrected chi connectivity index (χ4v) is 5.31. The van der Waals surface area contributed by atoms with Crippen LogP contribution in [0.5, 0.6) is 11.6 Å². The summed E-state index contributed by atoms with van der Waals surface area (Å²) in [4.78, 5) is 9.95. The standard InChI is InChI=1S/C25H26F2N6O2/c1-35-23-10-14(9-22(26)30-23)13-2-6-17(21(34)8-13)19-12-28-25(32-31-19)33(16-4-5-16)20-11-15-3-7-18(29-15)24(20)27/h2,6,8-10,12,15-16,18,20,24,29,34H,3-5,7,11H2,1H3/t15-,18-,20+,24-/m0/s1/i1D3. The second-order valence-corrected chi connectivity index (χ2v) is 9.43. The van der Waals surface area contributed by atoms with Crippen molar-refractivity contribution in [3.63, 3.8) is 0 Å². The number of hydrogen-bond donors (Lipinski definition) is 2. The van der Waals surface area contributed by atoms with Crippen LogP contribution < -0.4 is 15.0 Å². The van der Waals surface area contributed by atoms with Gasteiger partial charge in [0.1, 0.15) is 17.6 Å². The second kappa shape index (κ2) is 8.67. The van der Waals surface area contributed by atoms with Crippen LogP contribution in [0.3, 0.4) is 0 Å². The normalized spacial score (nSPS) is 27.1. The monoisotopic (exact) mass is 483 g/mol. The third kappa shape index (κ3) is 4.16. The Morgan fingerprint density at radius 2 is 2.03 bits per heavy atom. The van der Waals surface area contributed by atoms with Gasteiger partial charge in [-0.3, -0.25) is 0 Å². The molecule has 2 bridgehead atoms. The van der Waals surface area contributed by atoms with E-state index in [-0.39, 0.29) is 29.4 Å². The van der Waals surface area contributed by atoms with E-state index in [1.54, 1.807) is 12.1 Å². The molecule has 2 aliphatic heterocycles. The van der Waals surface area contributed by atoms with E-state index in [4.69, 9.17) is 8.85 Å². The number of nitrogens with one attached hydrogen (secondary N) is 1. The lowest BCUT2D eigenvalue weighted by atomic mass is 9.96. The lowest BCUT2D eigenvalue weighted by Crippen LogP contribution is -2.57. The average molecular weight is 484 g/mol. The first-order valence-corrected chi connectivity index (χ1v) is 11.7. The number of rotatable bonds is 6. The number of phenols is 1. The molecule has 0 amide bonds. The minimum atomic E-state index is -2.78. The highest BCUT2D eigenvalue weighted by Gasteiger charge is 2.48. The van der Waals surface area contributed by atoms with E-state index in [2.05, 4.69) is 25.5 Å². The predicted octanol–water partition coefficient (Wildman–Crippen LogP) is 3.65. The topological polar surface area (TPSA) is 96.3 Å². The third-order valence-electron chi connectivity index (χ3n) is 7.11. The summed E-state index contributed by atoms with van der Waals surface area (Å²) in [5.41, 5.74) is 1.36. The van der Waals surface area contributed by atoms with E-state index in [0.717, 1.165) is 31.7 Å². The third-order valence-corrected chi connectivity index (χ3v) is 7.11. The van der Waals surface area contributed by atoms with E-state index < -0.39 is 25.0 Å². The molecule has 4 heterocycles. The highest BCUT2D eigenvalue weighted by atomic mass is 19.1. The fraction of sp³-hybridized carbons (Fsp3) is 0.440. The van der Waals surface area contributed by atoms with Crippen LogP contribution in [0.2, 0.25) is 0 Å². The number of piperidine rings is 1. The first-order chi connectivity index (χ1) is 18.1. The van der Waals surface area contributed by atoms with Crippen LogP contribution in [0.25, 0.3) is 22.4 Å². The quantitative estimate of drug-likeness (QED) is 0.513. The maximum Gasteiger partial charge on any atom is 0.245 e. The number of alkyl halides is 1. The fourth-order valence-electron chi connectivity index (χ4n) is 5.31. The summed E-state index contributed by atoms with van der Waals surface area (Å²) in [5.74, 6) is -1.09. The first-order valence-electron chi connectivity index (χ1n) is 13.2. The number of methoxy groups -OCH3 is 1. The zero-order chi connectivity index (χ0) is 26.6. The second-order valence-electron chi connectivity index (χ2n) is 9.43. The molecule has 3 aliphatic rings. The molecule has 8 nitrogen and oxygen atoms in total. The number of pyridine rings is 1. The minimum Gasteiger partial charge on any atom is -0.507 e. The molecule has 0 radical (unpaired) electrons. The van der Waals surface area contributed by atoms with Crippen molar-refractivity contribution in [2.45, 2.75) is 62.4 Å². The van der Waals surface area contributed by atoms with Gasteiger partial charge < -0.3 is 20.1 Å². The maximum absolute atomic E-state index is 15.3. The Kier molecular flexibility index (Phi) is 4.68. The molecule has 4 atom stereocenters. The number of phenolic OH excluding ortho intramolecular Hbond substituents is 1. The summed E-state index contributed by atoms with van der Waals surface area (Å²) in [6.07, 6.45) is 4.96. The zero-order valence-corrected chi connectivity index (χ0v) is 18.7. The van der Waals surface area contributed by atoms with Crippen molar-refractivity contribution in [1.29, 1.82) is 0 Å². The highest BCUT2D eigenvalue weighted by Crippen LogP contribution is 2.40. The molecule has 3 fully saturated rings. The van der Waals surface area contributed by atoms with Crippen LogP contribution in [-0.2, 0) is 0 Å². The molecule has 3 aromatic rings. The number of fused-ring (bicyclic) bond motifs is 2. The molecule has 1 saturated carbocycles. The molecular formula is C25H26F2N6O2. The van der Waals surface area contributed by atoms with Crippen molar-refractivity contribution in [2.24, 2.45) is 0 Å². The van der Waals surface area contributed by atoms with E-state index in [1.807, 2.05) is 4.90 Å². The van der Waals surface area contributed by atoms with E-state index in [0.29, 0.717) is 35.2 Å². The molecule has 35 heavy (non-hydrogen) atoms. The number of aromatic nitrogens is 4. The first kappa shape index (κ1) is 18.9. The lowest BCUT2D eigenvalue weighted by Gasteiger charge is -2.40. The maximum atomic E-state index is 15.3.